The van der Waals surface area contributed by atoms with Crippen LogP contribution in [0.15, 0.2) is 29.3 Å². The SMILES string of the molecule is CN(c1ccc(-c2cc3c(cc2O)NC=NC3O)nn1)C1CC(C)(C)NC(C)(C)C1. The van der Waals surface area contributed by atoms with Gasteiger partial charge in [0.05, 0.1) is 17.7 Å². The van der Waals surface area contributed by atoms with Crippen molar-refractivity contribution in [3.8, 4) is 17.0 Å². The molecule has 1 aromatic carbocycles. The summed E-state index contributed by atoms with van der Waals surface area (Å²) in [4.78, 5) is 6.13. The third-order valence-electron chi connectivity index (χ3n) is 5.89. The summed E-state index contributed by atoms with van der Waals surface area (Å²) in [7, 11) is 2.06. The number of benzene rings is 1. The molecule has 4 N–H and O–H groups in total. The second-order valence-corrected chi connectivity index (χ2v) is 9.60. The van der Waals surface area contributed by atoms with Crippen LogP contribution in [-0.4, -0.2) is 50.9 Å². The predicted molar refractivity (Wildman–Crippen MR) is 119 cm³/mol. The fourth-order valence-electron chi connectivity index (χ4n) is 4.79. The van der Waals surface area contributed by atoms with Crippen molar-refractivity contribution in [1.29, 1.82) is 0 Å². The summed E-state index contributed by atoms with van der Waals surface area (Å²) in [6.45, 7) is 8.93. The summed E-state index contributed by atoms with van der Waals surface area (Å²) < 4.78 is 0. The van der Waals surface area contributed by atoms with E-state index in [1.165, 1.54) is 6.34 Å². The quantitative estimate of drug-likeness (QED) is 0.616. The van der Waals surface area contributed by atoms with Gasteiger partial charge in [0, 0.05) is 41.4 Å². The lowest BCUT2D eigenvalue weighted by Crippen LogP contribution is -2.62. The lowest BCUT2D eigenvalue weighted by molar-refractivity contribution is 0.160. The van der Waals surface area contributed by atoms with Crippen LogP contribution in [0.4, 0.5) is 11.5 Å². The Morgan fingerprint density at radius 1 is 1.07 bits per heavy atom. The topological polar surface area (TPSA) is 106 Å². The largest absolute Gasteiger partial charge is 0.507 e. The standard InChI is InChI=1S/C22H30N6O2/c1-21(2)10-13(11-22(3,4)27-21)28(5)19-7-6-16(25-26-19)14-8-15-17(9-18(14)29)23-12-24-20(15)30/h6-9,12-13,20,27,29-30H,10-11H2,1-5H3,(H,23,24). The number of phenolic OH excluding ortho intramolecular Hbond substituents is 1. The lowest BCUT2D eigenvalue weighted by Gasteiger charge is -2.49. The smallest absolute Gasteiger partial charge is 0.175 e. The van der Waals surface area contributed by atoms with Crippen LogP contribution < -0.4 is 15.5 Å². The number of rotatable bonds is 3. The molecule has 0 radical (unpaired) electrons. The second kappa shape index (κ2) is 7.21. The van der Waals surface area contributed by atoms with Crippen LogP contribution in [-0.2, 0) is 0 Å². The minimum Gasteiger partial charge on any atom is -0.507 e. The van der Waals surface area contributed by atoms with E-state index >= 15 is 0 Å². The maximum absolute atomic E-state index is 10.5. The Morgan fingerprint density at radius 2 is 1.77 bits per heavy atom. The maximum atomic E-state index is 10.5. The molecule has 0 saturated carbocycles. The van der Waals surface area contributed by atoms with Crippen molar-refractivity contribution >= 4 is 17.8 Å². The molecule has 160 valence electrons. The zero-order valence-corrected chi connectivity index (χ0v) is 18.1. The summed E-state index contributed by atoms with van der Waals surface area (Å²) in [6.07, 6.45) is 2.46. The van der Waals surface area contributed by atoms with E-state index in [-0.39, 0.29) is 16.8 Å². The molecule has 30 heavy (non-hydrogen) atoms. The fourth-order valence-corrected chi connectivity index (χ4v) is 4.79. The van der Waals surface area contributed by atoms with Crippen LogP contribution in [0.1, 0.15) is 52.3 Å². The molecule has 1 fully saturated rings. The summed E-state index contributed by atoms with van der Waals surface area (Å²) in [5.74, 6) is 0.863. The van der Waals surface area contributed by atoms with Gasteiger partial charge in [-0.25, -0.2) is 4.99 Å². The first kappa shape index (κ1) is 20.6. The van der Waals surface area contributed by atoms with Crippen LogP contribution in [0.25, 0.3) is 11.3 Å². The van der Waals surface area contributed by atoms with Gasteiger partial charge in [-0.15, -0.1) is 10.2 Å². The van der Waals surface area contributed by atoms with E-state index in [9.17, 15) is 10.2 Å². The van der Waals surface area contributed by atoms with E-state index in [0.29, 0.717) is 28.6 Å². The predicted octanol–water partition coefficient (Wildman–Crippen LogP) is 3.04. The monoisotopic (exact) mass is 410 g/mol. The van der Waals surface area contributed by atoms with Crippen LogP contribution in [0.3, 0.4) is 0 Å². The number of anilines is 2. The number of fused-ring (bicyclic) bond motifs is 1. The van der Waals surface area contributed by atoms with E-state index in [1.807, 2.05) is 12.1 Å². The van der Waals surface area contributed by atoms with Gasteiger partial charge < -0.3 is 25.7 Å². The summed E-state index contributed by atoms with van der Waals surface area (Å²) >= 11 is 0. The first-order valence-corrected chi connectivity index (χ1v) is 10.2. The third-order valence-corrected chi connectivity index (χ3v) is 5.89. The van der Waals surface area contributed by atoms with Gasteiger partial charge in [0.25, 0.3) is 0 Å². The average Bonchev–Trinajstić information content (AvgIpc) is 2.65. The summed E-state index contributed by atoms with van der Waals surface area (Å²) in [6, 6.07) is 7.39. The Labute approximate surface area is 177 Å². The number of nitrogens with one attached hydrogen (secondary N) is 2. The molecule has 2 aliphatic rings. The highest BCUT2D eigenvalue weighted by molar-refractivity contribution is 5.84. The Balaban J connectivity index is 1.59. The van der Waals surface area contributed by atoms with Crippen molar-refractivity contribution in [2.24, 2.45) is 4.99 Å². The Bertz CT molecular complexity index is 954. The van der Waals surface area contributed by atoms with E-state index in [4.69, 9.17) is 0 Å². The molecule has 0 aliphatic carbocycles. The number of phenols is 1. The van der Waals surface area contributed by atoms with Gasteiger partial charge in [0.1, 0.15) is 5.75 Å². The lowest BCUT2D eigenvalue weighted by atomic mass is 9.79. The molecule has 2 aromatic rings. The van der Waals surface area contributed by atoms with Crippen molar-refractivity contribution in [1.82, 2.24) is 15.5 Å². The van der Waals surface area contributed by atoms with Crippen molar-refractivity contribution in [2.75, 3.05) is 17.3 Å². The van der Waals surface area contributed by atoms with Gasteiger partial charge in [0.2, 0.25) is 0 Å². The summed E-state index contributed by atoms with van der Waals surface area (Å²) in [5.41, 5.74) is 2.35. The van der Waals surface area contributed by atoms with Crippen molar-refractivity contribution in [3.63, 3.8) is 0 Å². The molecule has 2 aliphatic heterocycles. The number of hydrogen-bond acceptors (Lipinski definition) is 8. The first-order chi connectivity index (χ1) is 14.0. The third kappa shape index (κ3) is 3.97. The molecule has 8 nitrogen and oxygen atoms in total. The second-order valence-electron chi connectivity index (χ2n) is 9.60. The van der Waals surface area contributed by atoms with E-state index in [1.54, 1.807) is 12.1 Å². The van der Waals surface area contributed by atoms with Gasteiger partial charge in [-0.2, -0.15) is 0 Å². The molecule has 4 rings (SSSR count). The number of nitrogens with zero attached hydrogens (tertiary/aromatic N) is 4. The van der Waals surface area contributed by atoms with Crippen LogP contribution in [0, 0.1) is 0 Å². The van der Waals surface area contributed by atoms with Gasteiger partial charge in [0.15, 0.2) is 12.0 Å². The van der Waals surface area contributed by atoms with Crippen molar-refractivity contribution < 1.29 is 10.2 Å². The van der Waals surface area contributed by atoms with E-state index in [0.717, 1.165) is 18.7 Å². The molecule has 0 bridgehead atoms. The normalized spacial score (nSPS) is 22.3. The van der Waals surface area contributed by atoms with Crippen LogP contribution in [0.2, 0.25) is 0 Å². The van der Waals surface area contributed by atoms with Gasteiger partial charge in [-0.1, -0.05) is 0 Å². The molecule has 0 spiro atoms. The molecule has 1 aromatic heterocycles. The van der Waals surface area contributed by atoms with Gasteiger partial charge in [-0.05, 0) is 58.7 Å². The highest BCUT2D eigenvalue weighted by Crippen LogP contribution is 2.38. The van der Waals surface area contributed by atoms with Crippen LogP contribution >= 0.6 is 0 Å². The number of aromatic nitrogens is 2. The molecule has 0 amide bonds. The zero-order chi connectivity index (χ0) is 21.7. The van der Waals surface area contributed by atoms with Crippen molar-refractivity contribution in [2.45, 2.75) is 63.9 Å². The number of hydrogen-bond donors (Lipinski definition) is 4. The summed E-state index contributed by atoms with van der Waals surface area (Å²) in [5, 5.41) is 36.0. The molecule has 1 saturated heterocycles. The molecule has 8 heteroatoms. The fraction of sp³-hybridized carbons (Fsp3) is 0.500. The maximum Gasteiger partial charge on any atom is 0.175 e. The minimum absolute atomic E-state index is 0.0420. The van der Waals surface area contributed by atoms with E-state index in [2.05, 4.69) is 65.5 Å². The molecule has 1 atom stereocenters. The van der Waals surface area contributed by atoms with Gasteiger partial charge in [-0.3, -0.25) is 0 Å². The average molecular weight is 411 g/mol. The number of piperidine rings is 1. The van der Waals surface area contributed by atoms with Gasteiger partial charge >= 0.3 is 0 Å². The molecular formula is C22H30N6O2. The Kier molecular flexibility index (Phi) is 4.94. The zero-order valence-electron chi connectivity index (χ0n) is 18.1. The highest BCUT2D eigenvalue weighted by atomic mass is 16.3. The van der Waals surface area contributed by atoms with E-state index < -0.39 is 6.23 Å². The van der Waals surface area contributed by atoms with Crippen molar-refractivity contribution in [3.05, 3.63) is 29.8 Å². The first-order valence-electron chi connectivity index (χ1n) is 10.2. The Morgan fingerprint density at radius 3 is 2.40 bits per heavy atom. The molecular weight excluding hydrogens is 380 g/mol. The molecule has 1 unspecified atom stereocenters. The Hall–Kier alpha value is -2.71. The van der Waals surface area contributed by atoms with Crippen LogP contribution in [0.5, 0.6) is 5.75 Å². The number of aromatic hydroxyl groups is 1. The minimum atomic E-state index is -0.967. The number of aliphatic imine (C=N–C) groups is 1. The number of aliphatic hydroxyl groups is 1. The highest BCUT2D eigenvalue weighted by Gasteiger charge is 2.39. The number of aliphatic hydroxyl groups excluding tert-OH is 1. The molecule has 3 heterocycles.